The van der Waals surface area contributed by atoms with Crippen LogP contribution in [0.5, 0.6) is 0 Å². The van der Waals surface area contributed by atoms with Gasteiger partial charge in [-0.15, -0.1) is 0 Å². The average Bonchev–Trinajstić information content (AvgIpc) is 2.21. The molecule has 2 aromatic rings. The summed E-state index contributed by atoms with van der Waals surface area (Å²) >= 11 is 0. The molecule has 0 fully saturated rings. The quantitative estimate of drug-likeness (QED) is 0.580. The number of H-pyrrole nitrogens is 1. The molecule has 0 saturated heterocycles. The summed E-state index contributed by atoms with van der Waals surface area (Å²) in [6.45, 7) is 4.00. The van der Waals surface area contributed by atoms with E-state index in [9.17, 15) is 0 Å². The minimum atomic E-state index is 0.954. The van der Waals surface area contributed by atoms with Crippen LogP contribution in [0.15, 0.2) is 12.3 Å². The predicted octanol–water partition coefficient (Wildman–Crippen LogP) is 1.28. The number of fused-ring (bicyclic) bond motifs is 1. The fraction of sp³-hybridized carbons (Fsp3) is 0.286. The van der Waals surface area contributed by atoms with Crippen LogP contribution in [0.1, 0.15) is 11.4 Å². The fourth-order valence-electron chi connectivity index (χ4n) is 1.13. The van der Waals surface area contributed by atoms with Crippen molar-refractivity contribution in [3.63, 3.8) is 0 Å². The molecule has 1 N–H and O–H groups in total. The molecule has 2 heterocycles. The molecule has 0 aliphatic heterocycles. The molecule has 0 bridgehead atoms. The normalized spacial score (nSPS) is 11.0. The molecule has 0 radical (unpaired) electrons. The maximum atomic E-state index is 4.24. The first-order valence-electron chi connectivity index (χ1n) is 3.27. The first-order chi connectivity index (χ1) is 4.75. The zero-order chi connectivity index (χ0) is 7.14. The number of aromatic amines is 1. The first-order valence-corrected chi connectivity index (χ1v) is 3.27. The Hall–Kier alpha value is -1.25. The summed E-state index contributed by atoms with van der Waals surface area (Å²) in [7, 11) is 0. The number of nitrogens with one attached hydrogen (secondary N) is 1. The minimum Gasteiger partial charge on any atom is -0.280 e. The standard InChI is InChI=1S/C7H9N3/c1-5-3-7-8-6(2)9-10(7)4-5/h3-4H,1-2H3,(H,8,9). The van der Waals surface area contributed by atoms with Gasteiger partial charge in [0.1, 0.15) is 5.82 Å². The fourth-order valence-corrected chi connectivity index (χ4v) is 1.13. The summed E-state index contributed by atoms with van der Waals surface area (Å²) in [5, 5.41) is 3.08. The monoisotopic (exact) mass is 135 g/mol. The predicted molar refractivity (Wildman–Crippen MR) is 39.0 cm³/mol. The molecule has 0 unspecified atom stereocenters. The van der Waals surface area contributed by atoms with Crippen molar-refractivity contribution in [2.75, 3.05) is 0 Å². The number of nitrogens with zero attached hydrogens (tertiary/aromatic N) is 2. The lowest BCUT2D eigenvalue weighted by molar-refractivity contribution is 0.937. The summed E-state index contributed by atoms with van der Waals surface area (Å²) in [5.74, 6) is 0.954. The summed E-state index contributed by atoms with van der Waals surface area (Å²) in [4.78, 5) is 4.24. The SMILES string of the molecule is Cc1cc2nc(C)[nH]n2c1. The molecule has 2 aromatic heterocycles. The van der Waals surface area contributed by atoms with Gasteiger partial charge in [0.05, 0.1) is 0 Å². The van der Waals surface area contributed by atoms with Crippen molar-refractivity contribution in [3.05, 3.63) is 23.7 Å². The molecule has 3 heteroatoms. The van der Waals surface area contributed by atoms with Crippen LogP contribution >= 0.6 is 0 Å². The largest absolute Gasteiger partial charge is 0.280 e. The van der Waals surface area contributed by atoms with Crippen LogP contribution in [-0.4, -0.2) is 14.6 Å². The van der Waals surface area contributed by atoms with Crippen LogP contribution in [0, 0.1) is 13.8 Å². The number of hydrogen-bond acceptors (Lipinski definition) is 1. The average molecular weight is 135 g/mol. The van der Waals surface area contributed by atoms with Crippen LogP contribution in [0.4, 0.5) is 0 Å². The molecule has 2 rings (SSSR count). The van der Waals surface area contributed by atoms with E-state index in [1.807, 2.05) is 23.7 Å². The van der Waals surface area contributed by atoms with Crippen LogP contribution in [0.25, 0.3) is 5.65 Å². The van der Waals surface area contributed by atoms with E-state index in [-0.39, 0.29) is 0 Å². The van der Waals surface area contributed by atoms with Gasteiger partial charge < -0.3 is 0 Å². The highest BCUT2D eigenvalue weighted by Crippen LogP contribution is 2.05. The highest BCUT2D eigenvalue weighted by atomic mass is 15.3. The number of rotatable bonds is 0. The molecule has 0 spiro atoms. The Kier molecular flexibility index (Phi) is 0.897. The van der Waals surface area contributed by atoms with Crippen molar-refractivity contribution in [1.29, 1.82) is 0 Å². The van der Waals surface area contributed by atoms with Gasteiger partial charge in [-0.2, -0.15) is 0 Å². The number of hydrogen-bond donors (Lipinski definition) is 1. The van der Waals surface area contributed by atoms with Gasteiger partial charge in [0, 0.05) is 6.20 Å². The summed E-state index contributed by atoms with van der Waals surface area (Å²) in [6, 6.07) is 2.05. The molecule has 0 saturated carbocycles. The zero-order valence-corrected chi connectivity index (χ0v) is 6.05. The van der Waals surface area contributed by atoms with Crippen LogP contribution in [0.3, 0.4) is 0 Å². The molecule has 0 atom stereocenters. The van der Waals surface area contributed by atoms with Gasteiger partial charge >= 0.3 is 0 Å². The Labute approximate surface area is 58.7 Å². The molecule has 0 aromatic carbocycles. The Morgan fingerprint density at radius 2 is 2.30 bits per heavy atom. The first kappa shape index (κ1) is 5.53. The van der Waals surface area contributed by atoms with Gasteiger partial charge in [-0.3, -0.25) is 5.10 Å². The Morgan fingerprint density at radius 3 is 3.00 bits per heavy atom. The highest BCUT2D eigenvalue weighted by molar-refractivity contribution is 5.41. The van der Waals surface area contributed by atoms with Gasteiger partial charge in [-0.1, -0.05) is 0 Å². The van der Waals surface area contributed by atoms with E-state index in [1.54, 1.807) is 0 Å². The third-order valence-electron chi connectivity index (χ3n) is 1.50. The van der Waals surface area contributed by atoms with Gasteiger partial charge in [0.25, 0.3) is 0 Å². The van der Waals surface area contributed by atoms with E-state index < -0.39 is 0 Å². The van der Waals surface area contributed by atoms with Crippen molar-refractivity contribution in [2.24, 2.45) is 0 Å². The third kappa shape index (κ3) is 0.635. The minimum absolute atomic E-state index is 0.954. The molecule has 0 aliphatic rings. The summed E-state index contributed by atoms with van der Waals surface area (Å²) in [6.07, 6.45) is 2.02. The van der Waals surface area contributed by atoms with Gasteiger partial charge in [-0.25, -0.2) is 9.50 Å². The van der Waals surface area contributed by atoms with Crippen molar-refractivity contribution >= 4 is 5.65 Å². The zero-order valence-electron chi connectivity index (χ0n) is 6.05. The van der Waals surface area contributed by atoms with Crippen LogP contribution in [-0.2, 0) is 0 Å². The van der Waals surface area contributed by atoms with E-state index in [1.165, 1.54) is 5.56 Å². The van der Waals surface area contributed by atoms with E-state index in [0.717, 1.165) is 11.5 Å². The molecule has 52 valence electrons. The van der Waals surface area contributed by atoms with E-state index >= 15 is 0 Å². The summed E-state index contributed by atoms with van der Waals surface area (Å²) in [5.41, 5.74) is 2.23. The van der Waals surface area contributed by atoms with Crippen molar-refractivity contribution < 1.29 is 0 Å². The second-order valence-corrected chi connectivity index (χ2v) is 2.55. The van der Waals surface area contributed by atoms with Crippen LogP contribution in [0.2, 0.25) is 0 Å². The Bertz CT molecular complexity index is 293. The second-order valence-electron chi connectivity index (χ2n) is 2.55. The highest BCUT2D eigenvalue weighted by Gasteiger charge is 1.97. The van der Waals surface area contributed by atoms with Crippen LogP contribution < -0.4 is 0 Å². The van der Waals surface area contributed by atoms with E-state index in [2.05, 4.69) is 17.0 Å². The Balaban J connectivity index is 2.83. The summed E-state index contributed by atoms with van der Waals surface area (Å²) < 4.78 is 1.92. The second kappa shape index (κ2) is 1.62. The molecule has 0 aliphatic carbocycles. The molecular weight excluding hydrogens is 126 g/mol. The molecule has 3 nitrogen and oxygen atoms in total. The van der Waals surface area contributed by atoms with Crippen molar-refractivity contribution in [1.82, 2.24) is 14.6 Å². The lowest BCUT2D eigenvalue weighted by Gasteiger charge is -1.79. The molecule has 0 amide bonds. The smallest absolute Gasteiger partial charge is 0.153 e. The van der Waals surface area contributed by atoms with Gasteiger partial charge in [-0.05, 0) is 25.5 Å². The topological polar surface area (TPSA) is 33.1 Å². The lowest BCUT2D eigenvalue weighted by Crippen LogP contribution is -1.79. The lowest BCUT2D eigenvalue weighted by atomic mass is 10.4. The Morgan fingerprint density at radius 1 is 1.50 bits per heavy atom. The van der Waals surface area contributed by atoms with E-state index in [4.69, 9.17) is 0 Å². The number of aromatic nitrogens is 3. The van der Waals surface area contributed by atoms with E-state index in [0.29, 0.717) is 0 Å². The van der Waals surface area contributed by atoms with Gasteiger partial charge in [0.15, 0.2) is 5.65 Å². The van der Waals surface area contributed by atoms with Crippen molar-refractivity contribution in [2.45, 2.75) is 13.8 Å². The number of aryl methyl sites for hydroxylation is 2. The molecular formula is C7H9N3. The maximum Gasteiger partial charge on any atom is 0.153 e. The third-order valence-corrected chi connectivity index (χ3v) is 1.50. The van der Waals surface area contributed by atoms with Crippen molar-refractivity contribution in [3.8, 4) is 0 Å². The van der Waals surface area contributed by atoms with Gasteiger partial charge in [0.2, 0.25) is 0 Å². The maximum absolute atomic E-state index is 4.24. The molecule has 10 heavy (non-hydrogen) atoms.